The van der Waals surface area contributed by atoms with Gasteiger partial charge in [0.2, 0.25) is 0 Å². The Balaban J connectivity index is 2.30. The van der Waals surface area contributed by atoms with Gasteiger partial charge in [-0.2, -0.15) is 0 Å². The largest absolute Gasteiger partial charge is 0.398 e. The number of para-hydroxylation sites is 1. The molecule has 3 N–H and O–H groups in total. The van der Waals surface area contributed by atoms with E-state index in [2.05, 4.69) is 11.6 Å². The Morgan fingerprint density at radius 3 is 2.68 bits per heavy atom. The zero-order valence-electron chi connectivity index (χ0n) is 10.6. The third-order valence-electron chi connectivity index (χ3n) is 2.64. The average Bonchev–Trinajstić information content (AvgIpc) is 2.79. The van der Waals surface area contributed by atoms with Gasteiger partial charge in [0.15, 0.2) is 0 Å². The Kier molecular flexibility index (Phi) is 4.11. The molecule has 0 spiro atoms. The zero-order valence-corrected chi connectivity index (χ0v) is 12.2. The summed E-state index contributed by atoms with van der Waals surface area (Å²) in [6, 6.07) is 8.91. The van der Waals surface area contributed by atoms with Crippen molar-refractivity contribution in [3.63, 3.8) is 0 Å². The molecule has 0 amide bonds. The fourth-order valence-corrected chi connectivity index (χ4v) is 3.95. The van der Waals surface area contributed by atoms with E-state index in [4.69, 9.17) is 5.73 Å². The molecule has 1 aromatic heterocycles. The normalized spacial score (nSPS) is 11.4. The molecule has 0 atom stereocenters. The number of nitrogens with one attached hydrogen (secondary N) is 1. The lowest BCUT2D eigenvalue weighted by Gasteiger charge is -2.10. The summed E-state index contributed by atoms with van der Waals surface area (Å²) in [7, 11) is -3.54. The Morgan fingerprint density at radius 2 is 2.05 bits per heavy atom. The molecule has 0 unspecified atom stereocenters. The van der Waals surface area contributed by atoms with Gasteiger partial charge in [0.25, 0.3) is 10.0 Å². The van der Waals surface area contributed by atoms with E-state index in [9.17, 15) is 8.42 Å². The lowest BCUT2D eigenvalue weighted by molar-refractivity contribution is 0.603. The topological polar surface area (TPSA) is 72.2 Å². The first kappa shape index (κ1) is 13.9. The van der Waals surface area contributed by atoms with Crippen LogP contribution in [0.3, 0.4) is 0 Å². The van der Waals surface area contributed by atoms with Crippen LogP contribution in [-0.4, -0.2) is 8.42 Å². The highest BCUT2D eigenvalue weighted by atomic mass is 32.2. The van der Waals surface area contributed by atoms with Crippen LogP contribution in [0.25, 0.3) is 0 Å². The highest BCUT2D eigenvalue weighted by Gasteiger charge is 2.17. The molecule has 2 rings (SSSR count). The van der Waals surface area contributed by atoms with E-state index in [-0.39, 0.29) is 4.21 Å². The van der Waals surface area contributed by atoms with E-state index in [1.54, 1.807) is 11.4 Å². The summed E-state index contributed by atoms with van der Waals surface area (Å²) in [6.45, 7) is 2.06. The molecule has 0 aliphatic carbocycles. The van der Waals surface area contributed by atoms with Crippen molar-refractivity contribution >= 4 is 32.7 Å². The van der Waals surface area contributed by atoms with Gasteiger partial charge in [0, 0.05) is 11.1 Å². The summed E-state index contributed by atoms with van der Waals surface area (Å²) >= 11 is 1.12. The molecule has 0 aliphatic rings. The molecule has 2 aromatic rings. The SMILES string of the molecule is CCCc1ccccc1NS(=O)(=O)c1cc(N)cs1. The first-order valence-corrected chi connectivity index (χ1v) is 8.34. The fraction of sp³-hybridized carbons (Fsp3) is 0.231. The van der Waals surface area contributed by atoms with Crippen LogP contribution in [0.4, 0.5) is 11.4 Å². The van der Waals surface area contributed by atoms with E-state index < -0.39 is 10.0 Å². The lowest BCUT2D eigenvalue weighted by atomic mass is 10.1. The standard InChI is InChI=1S/C13H16N2O2S2/c1-2-5-10-6-3-4-7-12(10)15-19(16,17)13-8-11(14)9-18-13/h3-4,6-9,15H,2,5,14H2,1H3. The van der Waals surface area contributed by atoms with Crippen LogP contribution >= 0.6 is 11.3 Å². The van der Waals surface area contributed by atoms with Crippen molar-refractivity contribution in [2.45, 2.75) is 24.0 Å². The summed E-state index contributed by atoms with van der Waals surface area (Å²) in [6.07, 6.45) is 1.80. The maximum absolute atomic E-state index is 12.2. The van der Waals surface area contributed by atoms with Crippen LogP contribution in [0.2, 0.25) is 0 Å². The van der Waals surface area contributed by atoms with Crippen LogP contribution < -0.4 is 10.5 Å². The highest BCUT2D eigenvalue weighted by molar-refractivity contribution is 7.94. The van der Waals surface area contributed by atoms with Gasteiger partial charge in [-0.15, -0.1) is 11.3 Å². The maximum atomic E-state index is 12.2. The molecular formula is C13H16N2O2S2. The summed E-state index contributed by atoms with van der Waals surface area (Å²) < 4.78 is 27.3. The third kappa shape index (κ3) is 3.27. The predicted molar refractivity (Wildman–Crippen MR) is 80.0 cm³/mol. The molecule has 0 saturated heterocycles. The number of hydrogen-bond donors (Lipinski definition) is 2. The highest BCUT2D eigenvalue weighted by Crippen LogP contribution is 2.26. The number of sulfonamides is 1. The van der Waals surface area contributed by atoms with Crippen LogP contribution in [0.15, 0.2) is 39.9 Å². The smallest absolute Gasteiger partial charge is 0.271 e. The number of nitrogen functional groups attached to an aromatic ring is 1. The van der Waals surface area contributed by atoms with Crippen molar-refractivity contribution in [3.05, 3.63) is 41.3 Å². The van der Waals surface area contributed by atoms with Gasteiger partial charge in [0.1, 0.15) is 4.21 Å². The van der Waals surface area contributed by atoms with Gasteiger partial charge in [-0.1, -0.05) is 31.5 Å². The zero-order chi connectivity index (χ0) is 13.9. The fourth-order valence-electron chi connectivity index (χ4n) is 1.77. The van der Waals surface area contributed by atoms with Crippen LogP contribution in [0.1, 0.15) is 18.9 Å². The first-order chi connectivity index (χ1) is 9.03. The quantitative estimate of drug-likeness (QED) is 0.890. The van der Waals surface area contributed by atoms with E-state index in [1.165, 1.54) is 6.07 Å². The minimum atomic E-state index is -3.54. The van der Waals surface area contributed by atoms with Crippen molar-refractivity contribution in [3.8, 4) is 0 Å². The maximum Gasteiger partial charge on any atom is 0.271 e. The first-order valence-electron chi connectivity index (χ1n) is 5.97. The minimum absolute atomic E-state index is 0.233. The molecular weight excluding hydrogens is 280 g/mol. The molecule has 102 valence electrons. The summed E-state index contributed by atoms with van der Waals surface area (Å²) in [4.78, 5) is 0. The van der Waals surface area contributed by atoms with Crippen molar-refractivity contribution < 1.29 is 8.42 Å². The summed E-state index contributed by atoms with van der Waals surface area (Å²) in [5, 5.41) is 1.62. The van der Waals surface area contributed by atoms with Crippen LogP contribution in [-0.2, 0) is 16.4 Å². The number of thiophene rings is 1. The second-order valence-corrected chi connectivity index (χ2v) is 7.03. The number of hydrogen-bond acceptors (Lipinski definition) is 4. The van der Waals surface area contributed by atoms with Gasteiger partial charge in [-0.25, -0.2) is 8.42 Å². The number of nitrogens with two attached hydrogens (primary N) is 1. The van der Waals surface area contributed by atoms with Gasteiger partial charge in [0.05, 0.1) is 5.69 Å². The molecule has 0 fully saturated rings. The third-order valence-corrected chi connectivity index (χ3v) is 5.46. The molecule has 0 bridgehead atoms. The number of aryl methyl sites for hydroxylation is 1. The number of anilines is 2. The van der Waals surface area contributed by atoms with E-state index in [0.29, 0.717) is 11.4 Å². The van der Waals surface area contributed by atoms with Gasteiger partial charge in [-0.05, 0) is 24.1 Å². The van der Waals surface area contributed by atoms with Crippen molar-refractivity contribution in [2.24, 2.45) is 0 Å². The minimum Gasteiger partial charge on any atom is -0.398 e. The lowest BCUT2D eigenvalue weighted by Crippen LogP contribution is -2.13. The van der Waals surface area contributed by atoms with Crippen molar-refractivity contribution in [1.82, 2.24) is 0 Å². The molecule has 1 heterocycles. The molecule has 6 heteroatoms. The molecule has 19 heavy (non-hydrogen) atoms. The van der Waals surface area contributed by atoms with Gasteiger partial charge in [-0.3, -0.25) is 4.72 Å². The van der Waals surface area contributed by atoms with Crippen molar-refractivity contribution in [1.29, 1.82) is 0 Å². The Bertz CT molecular complexity index is 663. The Labute approximate surface area is 117 Å². The summed E-state index contributed by atoms with van der Waals surface area (Å²) in [5.41, 5.74) is 7.66. The molecule has 0 aliphatic heterocycles. The second-order valence-electron chi connectivity index (χ2n) is 4.21. The number of benzene rings is 1. The molecule has 4 nitrogen and oxygen atoms in total. The van der Waals surface area contributed by atoms with Gasteiger partial charge >= 0.3 is 0 Å². The molecule has 0 radical (unpaired) electrons. The number of rotatable bonds is 5. The predicted octanol–water partition coefficient (Wildman–Crippen LogP) is 3.08. The Morgan fingerprint density at radius 1 is 1.32 bits per heavy atom. The molecule has 0 saturated carbocycles. The summed E-state index contributed by atoms with van der Waals surface area (Å²) in [5.74, 6) is 0. The average molecular weight is 296 g/mol. The van der Waals surface area contributed by atoms with E-state index >= 15 is 0 Å². The van der Waals surface area contributed by atoms with E-state index in [0.717, 1.165) is 29.7 Å². The Hall–Kier alpha value is -1.53. The second kappa shape index (κ2) is 5.63. The van der Waals surface area contributed by atoms with Crippen LogP contribution in [0.5, 0.6) is 0 Å². The molecule has 1 aromatic carbocycles. The van der Waals surface area contributed by atoms with Gasteiger partial charge < -0.3 is 5.73 Å². The monoisotopic (exact) mass is 296 g/mol. The van der Waals surface area contributed by atoms with E-state index in [1.807, 2.05) is 18.2 Å². The van der Waals surface area contributed by atoms with Crippen LogP contribution in [0, 0.1) is 0 Å². The van der Waals surface area contributed by atoms with Crippen molar-refractivity contribution in [2.75, 3.05) is 10.5 Å².